The lowest BCUT2D eigenvalue weighted by Gasteiger charge is -2.35. The zero-order valence-electron chi connectivity index (χ0n) is 12.8. The monoisotopic (exact) mass is 321 g/mol. The van der Waals surface area contributed by atoms with Gasteiger partial charge in [0.25, 0.3) is 5.91 Å². The van der Waals surface area contributed by atoms with Crippen LogP contribution in [0.15, 0.2) is 16.8 Å². The molecule has 1 unspecified atom stereocenters. The van der Waals surface area contributed by atoms with Crippen LogP contribution in [0.2, 0.25) is 0 Å². The zero-order valence-corrected chi connectivity index (χ0v) is 13.6. The van der Waals surface area contributed by atoms with Crippen LogP contribution in [0.3, 0.4) is 0 Å². The standard InChI is InChI=1S/C17H23NO3S/c19-17(13-6-8-22-11-13)18-7-5-16-15(18)4-3-14(21-16)10-20-9-12-1-2-12/h6,8,11-12,14-16H,1-5,7,9-10H2/t14?,15-,16-/m0/s1. The van der Waals surface area contributed by atoms with E-state index in [9.17, 15) is 4.79 Å². The topological polar surface area (TPSA) is 38.8 Å². The van der Waals surface area contributed by atoms with Gasteiger partial charge < -0.3 is 14.4 Å². The predicted molar refractivity (Wildman–Crippen MR) is 85.2 cm³/mol. The van der Waals surface area contributed by atoms with Crippen LogP contribution < -0.4 is 0 Å². The Hall–Kier alpha value is -0.910. The number of hydrogen-bond donors (Lipinski definition) is 0. The van der Waals surface area contributed by atoms with Crippen LogP contribution >= 0.6 is 11.3 Å². The van der Waals surface area contributed by atoms with E-state index >= 15 is 0 Å². The van der Waals surface area contributed by atoms with E-state index < -0.39 is 0 Å². The Labute approximate surface area is 135 Å². The molecule has 3 heterocycles. The van der Waals surface area contributed by atoms with Gasteiger partial charge in [0.05, 0.1) is 30.4 Å². The minimum Gasteiger partial charge on any atom is -0.378 e. The van der Waals surface area contributed by atoms with Gasteiger partial charge in [-0.3, -0.25) is 4.79 Å². The highest BCUT2D eigenvalue weighted by Crippen LogP contribution is 2.33. The average molecular weight is 321 g/mol. The van der Waals surface area contributed by atoms with Gasteiger partial charge in [-0.25, -0.2) is 0 Å². The molecular weight excluding hydrogens is 298 g/mol. The first-order chi connectivity index (χ1) is 10.8. The number of ether oxygens (including phenoxy) is 2. The number of nitrogens with zero attached hydrogens (tertiary/aromatic N) is 1. The number of amides is 1. The molecule has 0 bridgehead atoms. The van der Waals surface area contributed by atoms with Gasteiger partial charge in [-0.05, 0) is 49.5 Å². The lowest BCUT2D eigenvalue weighted by Crippen LogP contribution is -2.45. The molecule has 5 heteroatoms. The molecule has 0 aromatic carbocycles. The number of rotatable bonds is 5. The third-order valence-electron chi connectivity index (χ3n) is 5.02. The zero-order chi connectivity index (χ0) is 14.9. The van der Waals surface area contributed by atoms with E-state index in [1.807, 2.05) is 21.7 Å². The highest BCUT2D eigenvalue weighted by molar-refractivity contribution is 7.08. The first-order valence-electron chi connectivity index (χ1n) is 8.37. The largest absolute Gasteiger partial charge is 0.378 e. The fourth-order valence-electron chi connectivity index (χ4n) is 3.58. The Morgan fingerprint density at radius 2 is 2.18 bits per heavy atom. The lowest BCUT2D eigenvalue weighted by atomic mass is 9.99. The van der Waals surface area contributed by atoms with E-state index in [4.69, 9.17) is 9.47 Å². The van der Waals surface area contributed by atoms with Crippen LogP contribution in [-0.4, -0.2) is 48.8 Å². The maximum absolute atomic E-state index is 12.6. The van der Waals surface area contributed by atoms with Crippen molar-refractivity contribution in [1.29, 1.82) is 0 Å². The summed E-state index contributed by atoms with van der Waals surface area (Å²) < 4.78 is 12.0. The normalized spacial score (nSPS) is 31.3. The van der Waals surface area contributed by atoms with E-state index in [2.05, 4.69) is 0 Å². The van der Waals surface area contributed by atoms with E-state index in [1.54, 1.807) is 11.3 Å². The highest BCUT2D eigenvalue weighted by Gasteiger charge is 2.42. The summed E-state index contributed by atoms with van der Waals surface area (Å²) in [4.78, 5) is 14.6. The lowest BCUT2D eigenvalue weighted by molar-refractivity contribution is -0.0972. The van der Waals surface area contributed by atoms with Gasteiger partial charge >= 0.3 is 0 Å². The molecule has 0 spiro atoms. The van der Waals surface area contributed by atoms with Crippen molar-refractivity contribution >= 4 is 17.2 Å². The third kappa shape index (κ3) is 3.07. The number of carbonyl (C=O) groups is 1. The Balaban J connectivity index is 1.30. The number of likely N-dealkylation sites (tertiary alicyclic amines) is 1. The molecule has 3 aliphatic rings. The molecule has 1 aromatic heterocycles. The summed E-state index contributed by atoms with van der Waals surface area (Å²) in [6.45, 7) is 2.44. The minimum atomic E-state index is 0.167. The second-order valence-corrected chi connectivity index (χ2v) is 7.50. The molecule has 3 atom stereocenters. The molecule has 3 fully saturated rings. The second-order valence-electron chi connectivity index (χ2n) is 6.72. The van der Waals surface area contributed by atoms with Crippen molar-refractivity contribution < 1.29 is 14.3 Å². The summed E-state index contributed by atoms with van der Waals surface area (Å²) in [5, 5.41) is 3.90. The molecule has 0 N–H and O–H groups in total. The summed E-state index contributed by atoms with van der Waals surface area (Å²) in [5.41, 5.74) is 0.820. The molecule has 2 aliphatic heterocycles. The maximum atomic E-state index is 12.6. The van der Waals surface area contributed by atoms with E-state index in [0.29, 0.717) is 0 Å². The van der Waals surface area contributed by atoms with Crippen LogP contribution in [-0.2, 0) is 9.47 Å². The second kappa shape index (κ2) is 6.30. The predicted octanol–water partition coefficient (Wildman–Crippen LogP) is 2.94. The fourth-order valence-corrected chi connectivity index (χ4v) is 4.20. The summed E-state index contributed by atoms with van der Waals surface area (Å²) in [7, 11) is 0. The number of carbonyl (C=O) groups excluding carboxylic acids is 1. The minimum absolute atomic E-state index is 0.167. The summed E-state index contributed by atoms with van der Waals surface area (Å²) in [5.74, 6) is 0.974. The molecule has 4 nitrogen and oxygen atoms in total. The van der Waals surface area contributed by atoms with Gasteiger partial charge in [0.2, 0.25) is 0 Å². The fraction of sp³-hybridized carbons (Fsp3) is 0.706. The molecule has 1 aliphatic carbocycles. The number of fused-ring (bicyclic) bond motifs is 1. The van der Waals surface area contributed by atoms with Gasteiger partial charge in [0, 0.05) is 18.5 Å². The molecular formula is C17H23NO3S. The van der Waals surface area contributed by atoms with E-state index in [1.165, 1.54) is 12.8 Å². The first-order valence-corrected chi connectivity index (χ1v) is 9.32. The number of hydrogen-bond acceptors (Lipinski definition) is 4. The molecule has 22 heavy (non-hydrogen) atoms. The van der Waals surface area contributed by atoms with Crippen molar-refractivity contribution in [3.63, 3.8) is 0 Å². The first kappa shape index (κ1) is 14.7. The third-order valence-corrected chi connectivity index (χ3v) is 5.70. The molecule has 2 saturated heterocycles. The van der Waals surface area contributed by atoms with Crippen molar-refractivity contribution in [3.05, 3.63) is 22.4 Å². The van der Waals surface area contributed by atoms with Crippen molar-refractivity contribution in [3.8, 4) is 0 Å². The summed E-state index contributed by atoms with van der Waals surface area (Å²) >= 11 is 1.58. The van der Waals surface area contributed by atoms with Crippen molar-refractivity contribution in [2.45, 2.75) is 50.4 Å². The van der Waals surface area contributed by atoms with Crippen LogP contribution in [0, 0.1) is 5.92 Å². The smallest absolute Gasteiger partial charge is 0.255 e. The van der Waals surface area contributed by atoms with Crippen molar-refractivity contribution in [2.75, 3.05) is 19.8 Å². The van der Waals surface area contributed by atoms with Gasteiger partial charge in [0.15, 0.2) is 0 Å². The molecule has 1 aromatic rings. The Kier molecular flexibility index (Phi) is 4.20. The summed E-state index contributed by atoms with van der Waals surface area (Å²) in [6, 6.07) is 2.17. The quantitative estimate of drug-likeness (QED) is 0.837. The van der Waals surface area contributed by atoms with Crippen LogP contribution in [0.5, 0.6) is 0 Å². The Bertz CT molecular complexity index is 514. The molecule has 1 saturated carbocycles. The van der Waals surface area contributed by atoms with Crippen molar-refractivity contribution in [1.82, 2.24) is 4.90 Å². The molecule has 0 radical (unpaired) electrons. The Morgan fingerprint density at radius 3 is 2.95 bits per heavy atom. The van der Waals surface area contributed by atoms with Crippen LogP contribution in [0.1, 0.15) is 42.5 Å². The van der Waals surface area contributed by atoms with E-state index in [0.717, 1.165) is 50.5 Å². The average Bonchev–Trinajstić information content (AvgIpc) is 3.04. The molecule has 120 valence electrons. The van der Waals surface area contributed by atoms with Crippen molar-refractivity contribution in [2.24, 2.45) is 5.92 Å². The Morgan fingerprint density at radius 1 is 1.27 bits per heavy atom. The van der Waals surface area contributed by atoms with Gasteiger partial charge in [-0.2, -0.15) is 11.3 Å². The SMILES string of the molecule is O=C(c1ccsc1)N1CC[C@@H]2OC(COCC3CC3)CC[C@@H]21. The van der Waals surface area contributed by atoms with E-state index in [-0.39, 0.29) is 24.2 Å². The maximum Gasteiger partial charge on any atom is 0.255 e. The summed E-state index contributed by atoms with van der Waals surface area (Å²) in [6.07, 6.45) is 6.07. The molecule has 4 rings (SSSR count). The van der Waals surface area contributed by atoms with Gasteiger partial charge in [0.1, 0.15) is 0 Å². The van der Waals surface area contributed by atoms with Gasteiger partial charge in [-0.15, -0.1) is 0 Å². The highest BCUT2D eigenvalue weighted by atomic mass is 32.1. The molecule has 1 amide bonds. The number of thiophene rings is 1. The van der Waals surface area contributed by atoms with Crippen LogP contribution in [0.25, 0.3) is 0 Å². The van der Waals surface area contributed by atoms with Gasteiger partial charge in [-0.1, -0.05) is 0 Å². The van der Waals surface area contributed by atoms with Crippen LogP contribution in [0.4, 0.5) is 0 Å².